The number of anilines is 1. The Morgan fingerprint density at radius 3 is 2.26 bits per heavy atom. The van der Waals surface area contributed by atoms with Gasteiger partial charge in [0.05, 0.1) is 5.56 Å². The van der Waals surface area contributed by atoms with Gasteiger partial charge >= 0.3 is 23.9 Å². The maximum absolute atomic E-state index is 12.0. The normalized spacial score (nSPS) is 9.95. The molecule has 0 bridgehead atoms. The second kappa shape index (κ2) is 7.46. The van der Waals surface area contributed by atoms with Gasteiger partial charge in [-0.15, -0.1) is 0 Å². The number of nitrogen functional groups attached to an aromatic ring is 1. The Balaban J connectivity index is 0.000000550. The van der Waals surface area contributed by atoms with E-state index in [0.717, 1.165) is 0 Å². The average molecular weight is 323 g/mol. The number of aromatic hydroxyl groups is 1. The summed E-state index contributed by atoms with van der Waals surface area (Å²) < 4.78 is 15.8. The monoisotopic (exact) mass is 323 g/mol. The van der Waals surface area contributed by atoms with Gasteiger partial charge < -0.3 is 10.8 Å². The number of nitrogens with two attached hydrogens (primary N) is 1. The molecular weight excluding hydrogens is 309 g/mol. The number of phenols is 1. The Kier molecular flexibility index (Phi) is 5.92. The molecule has 0 aliphatic rings. The van der Waals surface area contributed by atoms with Gasteiger partial charge in [-0.3, -0.25) is 4.79 Å². The molecule has 0 heterocycles. The first-order chi connectivity index (χ1) is 9.10. The Morgan fingerprint density at radius 2 is 1.68 bits per heavy atom. The van der Waals surface area contributed by atoms with E-state index in [1.165, 1.54) is 12.1 Å². The van der Waals surface area contributed by atoms with Crippen molar-refractivity contribution in [3.05, 3.63) is 59.7 Å². The van der Waals surface area contributed by atoms with Crippen molar-refractivity contribution in [1.82, 2.24) is 0 Å². The average Bonchev–Trinajstić information content (AvgIpc) is 2.43. The van der Waals surface area contributed by atoms with Crippen LogP contribution in [0.1, 0.15) is 15.9 Å². The van der Waals surface area contributed by atoms with Crippen LogP contribution in [0.2, 0.25) is 0 Å². The summed E-state index contributed by atoms with van der Waals surface area (Å²) in [6.07, 6.45) is 0. The van der Waals surface area contributed by atoms with Gasteiger partial charge in [0.2, 0.25) is 0 Å². The zero-order valence-corrected chi connectivity index (χ0v) is 12.4. The molecule has 1 unspecified atom stereocenters. The van der Waals surface area contributed by atoms with Crippen LogP contribution in [0.15, 0.2) is 48.5 Å². The summed E-state index contributed by atoms with van der Waals surface area (Å²) in [7, 11) is 0. The minimum absolute atomic E-state index is 0.0527. The van der Waals surface area contributed by atoms with Crippen LogP contribution < -0.4 is 5.73 Å². The molecule has 0 spiro atoms. The van der Waals surface area contributed by atoms with E-state index in [1.807, 2.05) is 6.07 Å². The van der Waals surface area contributed by atoms with Crippen LogP contribution in [0.4, 0.5) is 5.69 Å². The predicted molar refractivity (Wildman–Crippen MR) is 73.8 cm³/mol. The zero-order valence-electron chi connectivity index (χ0n) is 9.98. The van der Waals surface area contributed by atoms with E-state index >= 15 is 0 Å². The molecule has 0 amide bonds. The van der Waals surface area contributed by atoms with Gasteiger partial charge in [-0.25, -0.2) is 0 Å². The quantitative estimate of drug-likeness (QED) is 0.325. The van der Waals surface area contributed by atoms with Crippen molar-refractivity contribution in [2.75, 3.05) is 5.73 Å². The molecule has 0 aromatic heterocycles. The standard InChI is InChI=1S/C13H11NO2.AsH3O2/c14-10-6-7-12(15)11(8-10)13(16)9-4-2-1-3-5-9;2-1-3/h1-8,15H,14H2;1H2,(H,2,3). The Morgan fingerprint density at radius 1 is 1.11 bits per heavy atom. The molecule has 100 valence electrons. The van der Waals surface area contributed by atoms with Crippen molar-refractivity contribution in [2.24, 2.45) is 0 Å². The van der Waals surface area contributed by atoms with Crippen LogP contribution >= 0.6 is 0 Å². The van der Waals surface area contributed by atoms with Crippen LogP contribution in [-0.4, -0.2) is 31.0 Å². The summed E-state index contributed by atoms with van der Waals surface area (Å²) >= 11 is -1.94. The van der Waals surface area contributed by atoms with E-state index in [-0.39, 0.29) is 17.1 Å². The number of hydrogen-bond acceptors (Lipinski definition) is 4. The summed E-state index contributed by atoms with van der Waals surface area (Å²) in [5.41, 5.74) is 6.79. The number of ketones is 1. The van der Waals surface area contributed by atoms with E-state index in [2.05, 4.69) is 0 Å². The van der Waals surface area contributed by atoms with Gasteiger partial charge in [0.25, 0.3) is 0 Å². The summed E-state index contributed by atoms with van der Waals surface area (Å²) in [6.45, 7) is 0. The molecule has 0 aliphatic carbocycles. The fraction of sp³-hybridized carbons (Fsp3) is 0. The summed E-state index contributed by atoms with van der Waals surface area (Å²) in [5, 5.41) is 9.59. The molecule has 0 fully saturated rings. The maximum atomic E-state index is 12.0. The second-order valence-corrected chi connectivity index (χ2v) is 4.02. The van der Waals surface area contributed by atoms with Crippen molar-refractivity contribution >= 4 is 27.5 Å². The third-order valence-electron chi connectivity index (χ3n) is 2.30. The predicted octanol–water partition coefficient (Wildman–Crippen LogP) is 0.613. The zero-order chi connectivity index (χ0) is 14.3. The molecule has 0 saturated carbocycles. The summed E-state index contributed by atoms with van der Waals surface area (Å²) in [4.78, 5) is 12.0. The van der Waals surface area contributed by atoms with Gasteiger partial charge in [0, 0.05) is 11.3 Å². The van der Waals surface area contributed by atoms with Gasteiger partial charge in [0.15, 0.2) is 5.78 Å². The molecule has 2 rings (SSSR count). The van der Waals surface area contributed by atoms with Crippen molar-refractivity contribution < 1.29 is 17.7 Å². The van der Waals surface area contributed by atoms with Crippen LogP contribution in [0.25, 0.3) is 0 Å². The Labute approximate surface area is 117 Å². The van der Waals surface area contributed by atoms with E-state index < -0.39 is 16.0 Å². The fourth-order valence-corrected chi connectivity index (χ4v) is 1.48. The fourth-order valence-electron chi connectivity index (χ4n) is 1.48. The molecule has 0 radical (unpaired) electrons. The van der Waals surface area contributed by atoms with Crippen molar-refractivity contribution in [2.45, 2.75) is 0 Å². The number of benzene rings is 2. The Bertz CT molecular complexity index is 572. The summed E-state index contributed by atoms with van der Waals surface area (Å²) in [6, 6.07) is 13.2. The number of carbonyl (C=O) groups excluding carboxylic acids is 1. The van der Waals surface area contributed by atoms with Gasteiger partial charge in [-0.05, 0) is 18.2 Å². The number of hydrogen-bond donors (Lipinski definition) is 3. The third kappa shape index (κ3) is 4.32. The van der Waals surface area contributed by atoms with E-state index in [9.17, 15) is 9.90 Å². The first-order valence-electron chi connectivity index (χ1n) is 5.36. The first kappa shape index (κ1) is 15.1. The number of phenolic OH excluding ortho intramolecular Hbond substituents is 1. The molecule has 0 aliphatic heterocycles. The van der Waals surface area contributed by atoms with Gasteiger partial charge in [-0.1, -0.05) is 30.3 Å². The molecule has 19 heavy (non-hydrogen) atoms. The Hall–Kier alpha value is -1.97. The summed E-state index contributed by atoms with van der Waals surface area (Å²) in [5.74, 6) is -0.284. The topological polar surface area (TPSA) is 101 Å². The van der Waals surface area contributed by atoms with Gasteiger partial charge in [0.1, 0.15) is 5.75 Å². The molecule has 5 nitrogen and oxygen atoms in total. The minimum atomic E-state index is -1.94. The van der Waals surface area contributed by atoms with Gasteiger partial charge in [-0.2, -0.15) is 0 Å². The van der Waals surface area contributed by atoms with Crippen molar-refractivity contribution in [3.63, 3.8) is 0 Å². The van der Waals surface area contributed by atoms with E-state index in [4.69, 9.17) is 13.6 Å². The molecule has 2 aromatic carbocycles. The molecule has 4 N–H and O–H groups in total. The molecular formula is C13H14AsNO4. The number of carbonyl (C=O) groups is 1. The van der Waals surface area contributed by atoms with Crippen molar-refractivity contribution in [3.8, 4) is 5.75 Å². The van der Waals surface area contributed by atoms with Crippen LogP contribution in [0.5, 0.6) is 5.75 Å². The molecule has 6 heteroatoms. The SMILES string of the molecule is Nc1ccc(O)c(C(=O)c2ccccc2)c1.O=[AsH2]O. The second-order valence-electron chi connectivity index (χ2n) is 3.58. The molecule has 0 saturated heterocycles. The molecule has 1 atom stereocenters. The van der Waals surface area contributed by atoms with Crippen LogP contribution in [-0.2, 0) is 3.74 Å². The van der Waals surface area contributed by atoms with E-state index in [1.54, 1.807) is 30.3 Å². The van der Waals surface area contributed by atoms with Crippen molar-refractivity contribution in [1.29, 1.82) is 0 Å². The van der Waals surface area contributed by atoms with Crippen LogP contribution in [0.3, 0.4) is 0 Å². The number of rotatable bonds is 2. The van der Waals surface area contributed by atoms with Crippen LogP contribution in [0, 0.1) is 0 Å². The molecule has 2 aromatic rings. The third-order valence-corrected chi connectivity index (χ3v) is 2.30. The first-order valence-corrected chi connectivity index (χ1v) is 7.43. The van der Waals surface area contributed by atoms with E-state index in [0.29, 0.717) is 11.3 Å².